The topological polar surface area (TPSA) is 91.4 Å². The molecule has 0 amide bonds. The van der Waals surface area contributed by atoms with Crippen molar-refractivity contribution >= 4 is 17.9 Å². The van der Waals surface area contributed by atoms with Crippen molar-refractivity contribution in [2.45, 2.75) is 32.8 Å². The quantitative estimate of drug-likeness (QED) is 0.163. The van der Waals surface area contributed by atoms with Crippen LogP contribution < -0.4 is 0 Å². The minimum atomic E-state index is -1.01. The van der Waals surface area contributed by atoms with E-state index in [0.717, 1.165) is 0 Å². The Morgan fingerprint density at radius 1 is 1.24 bits per heavy atom. The zero-order chi connectivity index (χ0) is 18.4. The third kappa shape index (κ3) is 5.16. The molecule has 25 heavy (non-hydrogen) atoms. The number of carbonyl (C=O) groups excluding carboxylic acids is 3. The first-order valence-electron chi connectivity index (χ1n) is 8.29. The average molecular weight is 352 g/mol. The summed E-state index contributed by atoms with van der Waals surface area (Å²) in [5.74, 6) is -2.20. The van der Waals surface area contributed by atoms with E-state index in [-0.39, 0.29) is 31.5 Å². The highest BCUT2D eigenvalue weighted by molar-refractivity contribution is 5.87. The summed E-state index contributed by atoms with van der Waals surface area (Å²) in [4.78, 5) is 36.1. The molecule has 0 bridgehead atoms. The summed E-state index contributed by atoms with van der Waals surface area (Å²) in [6.07, 6.45) is 4.68. The molecule has 1 saturated heterocycles. The lowest BCUT2D eigenvalue weighted by Crippen LogP contribution is -2.43. The van der Waals surface area contributed by atoms with Crippen molar-refractivity contribution in [2.75, 3.05) is 26.4 Å². The van der Waals surface area contributed by atoms with E-state index in [2.05, 4.69) is 6.58 Å². The van der Waals surface area contributed by atoms with Gasteiger partial charge in [0.15, 0.2) is 0 Å². The Labute approximate surface area is 146 Å². The average Bonchev–Trinajstić information content (AvgIpc) is 3.40. The zero-order valence-corrected chi connectivity index (χ0v) is 14.6. The summed E-state index contributed by atoms with van der Waals surface area (Å²) in [7, 11) is 0. The lowest BCUT2D eigenvalue weighted by atomic mass is 9.70. The first-order valence-corrected chi connectivity index (χ1v) is 8.29. The van der Waals surface area contributed by atoms with Crippen molar-refractivity contribution in [2.24, 2.45) is 11.3 Å². The standard InChI is InChI=1S/C18H24O7/c1-12(2)15(19)22-8-9-23-17(21)18(3)7-5-4-6-14(18)16(20)25-11-13-10-24-13/h4,6,13-14H,1,5,7-11H2,2-3H3. The maximum atomic E-state index is 12.5. The van der Waals surface area contributed by atoms with Crippen molar-refractivity contribution in [1.82, 2.24) is 0 Å². The summed E-state index contributed by atoms with van der Waals surface area (Å²) in [5, 5.41) is 0. The fourth-order valence-electron chi connectivity index (χ4n) is 2.54. The Balaban J connectivity index is 1.87. The van der Waals surface area contributed by atoms with E-state index in [9.17, 15) is 14.4 Å². The van der Waals surface area contributed by atoms with Crippen LogP contribution in [0.15, 0.2) is 24.3 Å². The Kier molecular flexibility index (Phi) is 6.36. The predicted octanol–water partition coefficient (Wildman–Crippen LogP) is 1.56. The minimum absolute atomic E-state index is 0.0299. The highest BCUT2D eigenvalue weighted by Crippen LogP contribution is 2.39. The van der Waals surface area contributed by atoms with Crippen molar-refractivity contribution in [3.63, 3.8) is 0 Å². The number of hydrogen-bond donors (Lipinski definition) is 0. The van der Waals surface area contributed by atoms with E-state index in [1.807, 2.05) is 6.08 Å². The van der Waals surface area contributed by atoms with Crippen LogP contribution in [0, 0.1) is 11.3 Å². The zero-order valence-electron chi connectivity index (χ0n) is 14.6. The van der Waals surface area contributed by atoms with Crippen LogP contribution in [0.4, 0.5) is 0 Å². The lowest BCUT2D eigenvalue weighted by Gasteiger charge is -2.34. The van der Waals surface area contributed by atoms with Gasteiger partial charge in [0.2, 0.25) is 0 Å². The van der Waals surface area contributed by atoms with Crippen LogP contribution in [0.1, 0.15) is 26.7 Å². The highest BCUT2D eigenvalue weighted by Gasteiger charge is 2.47. The molecule has 1 aliphatic carbocycles. The van der Waals surface area contributed by atoms with Gasteiger partial charge in [0.25, 0.3) is 0 Å². The Bertz CT molecular complexity index is 576. The molecule has 0 saturated carbocycles. The number of epoxide rings is 1. The second kappa shape index (κ2) is 8.29. The molecule has 0 N–H and O–H groups in total. The van der Waals surface area contributed by atoms with Crippen LogP contribution in [0.3, 0.4) is 0 Å². The van der Waals surface area contributed by atoms with Gasteiger partial charge in [-0.1, -0.05) is 18.7 Å². The van der Waals surface area contributed by atoms with Crippen LogP contribution >= 0.6 is 0 Å². The second-order valence-electron chi connectivity index (χ2n) is 6.50. The van der Waals surface area contributed by atoms with E-state index in [1.165, 1.54) is 6.92 Å². The molecular weight excluding hydrogens is 328 g/mol. The molecule has 2 rings (SSSR count). The van der Waals surface area contributed by atoms with Gasteiger partial charge in [-0.2, -0.15) is 0 Å². The maximum Gasteiger partial charge on any atom is 0.333 e. The highest BCUT2D eigenvalue weighted by atomic mass is 16.6. The molecular formula is C18H24O7. The number of esters is 3. The number of carbonyl (C=O) groups is 3. The Hall–Kier alpha value is -2.15. The number of ether oxygens (including phenoxy) is 4. The molecule has 138 valence electrons. The molecule has 7 heteroatoms. The molecule has 3 unspecified atom stereocenters. The second-order valence-corrected chi connectivity index (χ2v) is 6.50. The number of allylic oxidation sites excluding steroid dienone is 1. The van der Waals surface area contributed by atoms with E-state index in [4.69, 9.17) is 18.9 Å². The molecule has 3 atom stereocenters. The maximum absolute atomic E-state index is 12.5. The molecule has 0 aromatic carbocycles. The Morgan fingerprint density at radius 3 is 2.56 bits per heavy atom. The number of rotatable bonds is 8. The van der Waals surface area contributed by atoms with Crippen LogP contribution in [-0.2, 0) is 33.3 Å². The molecule has 0 aromatic heterocycles. The van der Waals surface area contributed by atoms with Gasteiger partial charge in [-0.15, -0.1) is 0 Å². The third-order valence-corrected chi connectivity index (χ3v) is 4.28. The van der Waals surface area contributed by atoms with E-state index in [0.29, 0.717) is 19.4 Å². The van der Waals surface area contributed by atoms with E-state index < -0.39 is 29.2 Å². The third-order valence-electron chi connectivity index (χ3n) is 4.28. The van der Waals surface area contributed by atoms with Gasteiger partial charge in [0.1, 0.15) is 25.9 Å². The van der Waals surface area contributed by atoms with Gasteiger partial charge in [0, 0.05) is 5.57 Å². The van der Waals surface area contributed by atoms with Gasteiger partial charge in [-0.3, -0.25) is 9.59 Å². The summed E-state index contributed by atoms with van der Waals surface area (Å²) < 4.78 is 20.4. The lowest BCUT2D eigenvalue weighted by molar-refractivity contribution is -0.169. The molecule has 0 radical (unpaired) electrons. The molecule has 7 nitrogen and oxygen atoms in total. The molecule has 1 aliphatic heterocycles. The fourth-order valence-corrected chi connectivity index (χ4v) is 2.54. The molecule has 0 aromatic rings. The van der Waals surface area contributed by atoms with E-state index >= 15 is 0 Å². The first kappa shape index (κ1) is 19.2. The van der Waals surface area contributed by atoms with Gasteiger partial charge >= 0.3 is 17.9 Å². The molecule has 0 spiro atoms. The van der Waals surface area contributed by atoms with Gasteiger partial charge < -0.3 is 18.9 Å². The normalized spacial score (nSPS) is 27.3. The monoisotopic (exact) mass is 352 g/mol. The van der Waals surface area contributed by atoms with Crippen molar-refractivity contribution in [3.05, 3.63) is 24.3 Å². The van der Waals surface area contributed by atoms with Crippen LogP contribution in [0.25, 0.3) is 0 Å². The molecule has 1 heterocycles. The number of hydrogen-bond acceptors (Lipinski definition) is 7. The summed E-state index contributed by atoms with van der Waals surface area (Å²) in [6, 6.07) is 0. The molecule has 2 aliphatic rings. The SMILES string of the molecule is C=C(C)C(=O)OCCOC(=O)C1(C)CCC=CC1C(=O)OCC1CO1. The summed E-state index contributed by atoms with van der Waals surface area (Å²) in [6.45, 7) is 7.35. The van der Waals surface area contributed by atoms with Crippen molar-refractivity contribution in [1.29, 1.82) is 0 Å². The summed E-state index contributed by atoms with van der Waals surface area (Å²) in [5.41, 5.74) is -0.729. The predicted molar refractivity (Wildman–Crippen MR) is 87.4 cm³/mol. The van der Waals surface area contributed by atoms with Gasteiger partial charge in [-0.05, 0) is 26.7 Å². The van der Waals surface area contributed by atoms with Crippen LogP contribution in [0.5, 0.6) is 0 Å². The van der Waals surface area contributed by atoms with Gasteiger partial charge in [0.05, 0.1) is 17.9 Å². The van der Waals surface area contributed by atoms with E-state index in [1.54, 1.807) is 13.0 Å². The van der Waals surface area contributed by atoms with Crippen LogP contribution in [0.2, 0.25) is 0 Å². The smallest absolute Gasteiger partial charge is 0.333 e. The fraction of sp³-hybridized carbons (Fsp3) is 0.611. The first-order chi connectivity index (χ1) is 11.8. The van der Waals surface area contributed by atoms with Crippen molar-refractivity contribution < 1.29 is 33.3 Å². The van der Waals surface area contributed by atoms with Crippen molar-refractivity contribution in [3.8, 4) is 0 Å². The van der Waals surface area contributed by atoms with Gasteiger partial charge in [-0.25, -0.2) is 4.79 Å². The largest absolute Gasteiger partial charge is 0.462 e. The minimum Gasteiger partial charge on any atom is -0.462 e. The Morgan fingerprint density at radius 2 is 1.92 bits per heavy atom. The summed E-state index contributed by atoms with van der Waals surface area (Å²) >= 11 is 0. The molecule has 1 fully saturated rings. The van der Waals surface area contributed by atoms with Crippen LogP contribution in [-0.4, -0.2) is 50.4 Å².